The molecule has 0 aliphatic carbocycles. The summed E-state index contributed by atoms with van der Waals surface area (Å²) in [6, 6.07) is 3.86. The summed E-state index contributed by atoms with van der Waals surface area (Å²) in [5.74, 6) is 0.602. The molecular weight excluding hydrogens is 214 g/mol. The molecule has 0 aliphatic heterocycles. The quantitative estimate of drug-likeness (QED) is 0.857. The molecule has 0 aliphatic rings. The molecule has 1 N–H and O–H groups in total. The highest BCUT2D eigenvalue weighted by Crippen LogP contribution is 2.20. The van der Waals surface area contributed by atoms with E-state index in [4.69, 9.17) is 0 Å². The summed E-state index contributed by atoms with van der Waals surface area (Å²) >= 11 is 0. The first kappa shape index (κ1) is 11.7. The molecule has 2 heterocycles. The summed E-state index contributed by atoms with van der Waals surface area (Å²) in [6.45, 7) is 5.55. The number of aryl methyl sites for hydroxylation is 2. The van der Waals surface area contributed by atoms with Crippen LogP contribution >= 0.6 is 0 Å². The Morgan fingerprint density at radius 2 is 2.00 bits per heavy atom. The number of aromatic nitrogens is 3. The molecule has 0 radical (unpaired) electrons. The first-order valence-electron chi connectivity index (χ1n) is 5.53. The van der Waals surface area contributed by atoms with E-state index >= 15 is 0 Å². The van der Waals surface area contributed by atoms with Gasteiger partial charge in [-0.25, -0.2) is 9.97 Å². The Bertz CT molecular complexity index is 538. The summed E-state index contributed by atoms with van der Waals surface area (Å²) < 4.78 is 0. The van der Waals surface area contributed by atoms with Crippen LogP contribution in [0.2, 0.25) is 0 Å². The zero-order valence-electron chi connectivity index (χ0n) is 10.2. The summed E-state index contributed by atoms with van der Waals surface area (Å²) in [4.78, 5) is 12.9. The van der Waals surface area contributed by atoms with Gasteiger partial charge in [-0.05, 0) is 32.4 Å². The Kier molecular flexibility index (Phi) is 3.15. The van der Waals surface area contributed by atoms with E-state index in [2.05, 4.69) is 15.0 Å². The summed E-state index contributed by atoms with van der Waals surface area (Å²) in [5, 5.41) is 9.52. The number of hydrogen-bond donors (Lipinski definition) is 1. The number of aliphatic hydroxyl groups is 1. The van der Waals surface area contributed by atoms with Crippen LogP contribution in [0.1, 0.15) is 29.8 Å². The van der Waals surface area contributed by atoms with Gasteiger partial charge < -0.3 is 5.11 Å². The first-order chi connectivity index (χ1) is 8.09. The lowest BCUT2D eigenvalue weighted by Gasteiger charge is -2.09. The Morgan fingerprint density at radius 3 is 2.59 bits per heavy atom. The Labute approximate surface area is 100 Å². The summed E-state index contributed by atoms with van der Waals surface area (Å²) in [7, 11) is 0. The molecule has 2 rings (SSSR count). The van der Waals surface area contributed by atoms with Crippen molar-refractivity contribution in [3.05, 3.63) is 41.3 Å². The van der Waals surface area contributed by atoms with Gasteiger partial charge >= 0.3 is 0 Å². The van der Waals surface area contributed by atoms with Crippen LogP contribution in [0.3, 0.4) is 0 Å². The van der Waals surface area contributed by atoms with Crippen molar-refractivity contribution in [1.82, 2.24) is 15.0 Å². The molecule has 0 bridgehead atoms. The zero-order chi connectivity index (χ0) is 12.4. The lowest BCUT2D eigenvalue weighted by atomic mass is 10.1. The van der Waals surface area contributed by atoms with Gasteiger partial charge in [-0.3, -0.25) is 4.98 Å². The summed E-state index contributed by atoms with van der Waals surface area (Å²) in [6.07, 6.45) is 2.84. The lowest BCUT2D eigenvalue weighted by Crippen LogP contribution is -2.02. The van der Waals surface area contributed by atoms with Crippen LogP contribution in [0.25, 0.3) is 11.5 Å². The van der Waals surface area contributed by atoms with Gasteiger partial charge in [0.1, 0.15) is 5.69 Å². The van der Waals surface area contributed by atoms with Gasteiger partial charge in [-0.2, -0.15) is 0 Å². The van der Waals surface area contributed by atoms with Crippen molar-refractivity contribution in [2.45, 2.75) is 26.9 Å². The van der Waals surface area contributed by atoms with Crippen molar-refractivity contribution < 1.29 is 5.11 Å². The minimum Gasteiger partial charge on any atom is -0.389 e. The molecule has 4 nitrogen and oxygen atoms in total. The fraction of sp³-hybridized carbons (Fsp3) is 0.308. The van der Waals surface area contributed by atoms with Crippen LogP contribution in [-0.2, 0) is 0 Å². The van der Waals surface area contributed by atoms with E-state index in [9.17, 15) is 5.11 Å². The zero-order valence-corrected chi connectivity index (χ0v) is 10.2. The highest BCUT2D eigenvalue weighted by atomic mass is 16.3. The highest BCUT2D eigenvalue weighted by molar-refractivity contribution is 5.54. The number of rotatable bonds is 2. The number of hydrogen-bond acceptors (Lipinski definition) is 4. The largest absolute Gasteiger partial charge is 0.389 e. The Morgan fingerprint density at radius 1 is 1.24 bits per heavy atom. The first-order valence-corrected chi connectivity index (χ1v) is 5.53. The second-order valence-electron chi connectivity index (χ2n) is 4.08. The van der Waals surface area contributed by atoms with Crippen LogP contribution in [0.5, 0.6) is 0 Å². The molecule has 1 atom stereocenters. The van der Waals surface area contributed by atoms with Crippen molar-refractivity contribution in [2.24, 2.45) is 0 Å². The van der Waals surface area contributed by atoms with Crippen LogP contribution in [0.15, 0.2) is 24.5 Å². The Balaban J connectivity index is 2.49. The van der Waals surface area contributed by atoms with Gasteiger partial charge in [0.15, 0.2) is 5.82 Å². The van der Waals surface area contributed by atoms with Gasteiger partial charge in [-0.15, -0.1) is 0 Å². The minimum atomic E-state index is -0.547. The SMILES string of the molecule is Cc1cccnc1-c1ncc([C@@H](C)O)c(C)n1. The van der Waals surface area contributed by atoms with Crippen LogP contribution in [-0.4, -0.2) is 20.1 Å². The molecule has 0 saturated carbocycles. The molecule has 88 valence electrons. The molecule has 17 heavy (non-hydrogen) atoms. The molecule has 2 aromatic heterocycles. The van der Waals surface area contributed by atoms with Crippen molar-refractivity contribution in [3.63, 3.8) is 0 Å². The highest BCUT2D eigenvalue weighted by Gasteiger charge is 2.11. The summed E-state index contributed by atoms with van der Waals surface area (Å²) in [5.41, 5.74) is 3.36. The van der Waals surface area contributed by atoms with E-state index in [1.165, 1.54) is 0 Å². The second kappa shape index (κ2) is 4.59. The van der Waals surface area contributed by atoms with Crippen LogP contribution in [0, 0.1) is 13.8 Å². The third-order valence-electron chi connectivity index (χ3n) is 2.69. The molecule has 0 unspecified atom stereocenters. The van der Waals surface area contributed by atoms with Gasteiger partial charge in [0.2, 0.25) is 0 Å². The van der Waals surface area contributed by atoms with Crippen molar-refractivity contribution in [1.29, 1.82) is 0 Å². The molecule has 0 aromatic carbocycles. The molecule has 2 aromatic rings. The van der Waals surface area contributed by atoms with E-state index in [1.807, 2.05) is 26.0 Å². The fourth-order valence-corrected chi connectivity index (χ4v) is 1.72. The predicted molar refractivity (Wildman–Crippen MR) is 65.4 cm³/mol. The maximum absolute atomic E-state index is 9.52. The van der Waals surface area contributed by atoms with Gasteiger partial charge in [0.05, 0.1) is 6.10 Å². The molecular formula is C13H15N3O. The molecule has 0 amide bonds. The molecule has 0 fully saturated rings. The minimum absolute atomic E-state index is 0.547. The van der Waals surface area contributed by atoms with Crippen molar-refractivity contribution >= 4 is 0 Å². The van der Waals surface area contributed by atoms with E-state index in [0.717, 1.165) is 22.5 Å². The normalized spacial score (nSPS) is 12.5. The average molecular weight is 229 g/mol. The van der Waals surface area contributed by atoms with Gasteiger partial charge in [0, 0.05) is 23.7 Å². The maximum atomic E-state index is 9.52. The van der Waals surface area contributed by atoms with E-state index in [-0.39, 0.29) is 0 Å². The molecule has 4 heteroatoms. The lowest BCUT2D eigenvalue weighted by molar-refractivity contribution is 0.197. The average Bonchev–Trinajstić information content (AvgIpc) is 2.29. The fourth-order valence-electron chi connectivity index (χ4n) is 1.72. The molecule has 0 spiro atoms. The standard InChI is InChI=1S/C13H15N3O/c1-8-5-4-6-14-12(8)13-15-7-11(10(3)17)9(2)16-13/h4-7,10,17H,1-3H3/t10-/m1/s1. The van der Waals surface area contributed by atoms with Crippen molar-refractivity contribution in [3.8, 4) is 11.5 Å². The second-order valence-corrected chi connectivity index (χ2v) is 4.08. The van der Waals surface area contributed by atoms with Crippen LogP contribution in [0.4, 0.5) is 0 Å². The number of nitrogens with zero attached hydrogens (tertiary/aromatic N) is 3. The van der Waals surface area contributed by atoms with Gasteiger partial charge in [0.25, 0.3) is 0 Å². The van der Waals surface area contributed by atoms with Crippen molar-refractivity contribution in [2.75, 3.05) is 0 Å². The number of pyridine rings is 1. The monoisotopic (exact) mass is 229 g/mol. The van der Waals surface area contributed by atoms with Gasteiger partial charge in [-0.1, -0.05) is 6.07 Å². The molecule has 0 saturated heterocycles. The van der Waals surface area contributed by atoms with E-state index < -0.39 is 6.10 Å². The smallest absolute Gasteiger partial charge is 0.178 e. The maximum Gasteiger partial charge on any atom is 0.178 e. The third-order valence-corrected chi connectivity index (χ3v) is 2.69. The number of aliphatic hydroxyl groups excluding tert-OH is 1. The van der Waals surface area contributed by atoms with E-state index in [1.54, 1.807) is 19.3 Å². The van der Waals surface area contributed by atoms with Crippen LogP contribution < -0.4 is 0 Å². The Hall–Kier alpha value is -1.81. The predicted octanol–water partition coefficient (Wildman–Crippen LogP) is 2.21. The van der Waals surface area contributed by atoms with E-state index in [0.29, 0.717) is 5.82 Å². The third kappa shape index (κ3) is 2.31. The topological polar surface area (TPSA) is 58.9 Å².